The maximum Gasteiger partial charge on any atom is 0.237 e. The van der Waals surface area contributed by atoms with E-state index in [0.717, 1.165) is 0 Å². The van der Waals surface area contributed by atoms with Gasteiger partial charge in [-0.1, -0.05) is 13.8 Å². The van der Waals surface area contributed by atoms with E-state index in [1.807, 2.05) is 13.8 Å². The lowest BCUT2D eigenvalue weighted by molar-refractivity contribution is -0.0124. The van der Waals surface area contributed by atoms with Crippen LogP contribution in [0.15, 0.2) is 12.5 Å². The van der Waals surface area contributed by atoms with Crippen molar-refractivity contribution in [3.8, 4) is 0 Å². The zero-order valence-corrected chi connectivity index (χ0v) is 5.72. The second-order valence-electron chi connectivity index (χ2n) is 2.51. The predicted octanol–water partition coefficient (Wildman–Crippen LogP) is 0.346. The maximum atomic E-state index is 5.71. The minimum Gasteiger partial charge on any atom is -0.461 e. The van der Waals surface area contributed by atoms with Gasteiger partial charge in [0.1, 0.15) is 6.26 Å². The Balaban J connectivity index is 2.55. The number of nitrogens with two attached hydrogens (primary N) is 1. The van der Waals surface area contributed by atoms with Crippen molar-refractivity contribution >= 4 is 0 Å². The van der Waals surface area contributed by atoms with Gasteiger partial charge in [0.2, 0.25) is 5.85 Å². The van der Waals surface area contributed by atoms with E-state index in [4.69, 9.17) is 10.5 Å². The van der Waals surface area contributed by atoms with E-state index in [-0.39, 0.29) is 5.92 Å². The van der Waals surface area contributed by atoms with Gasteiger partial charge in [-0.15, -0.1) is 0 Å². The molecule has 1 atom stereocenters. The largest absolute Gasteiger partial charge is 0.461 e. The molecular formula is C6H12N2O. The Hall–Kier alpha value is -0.700. The summed E-state index contributed by atoms with van der Waals surface area (Å²) in [5, 5.41) is 2.91. The van der Waals surface area contributed by atoms with Gasteiger partial charge in [0.05, 0.1) is 0 Å². The monoisotopic (exact) mass is 128 g/mol. The molecule has 3 heteroatoms. The van der Waals surface area contributed by atoms with E-state index in [1.165, 1.54) is 0 Å². The summed E-state index contributed by atoms with van der Waals surface area (Å²) in [5.41, 5.74) is 5.71. The van der Waals surface area contributed by atoms with Crippen molar-refractivity contribution in [2.45, 2.75) is 19.7 Å². The van der Waals surface area contributed by atoms with Gasteiger partial charge in [0.15, 0.2) is 0 Å². The number of rotatable bonds is 1. The smallest absolute Gasteiger partial charge is 0.237 e. The lowest BCUT2D eigenvalue weighted by Crippen LogP contribution is -2.54. The van der Waals surface area contributed by atoms with E-state index >= 15 is 0 Å². The molecule has 0 saturated heterocycles. The van der Waals surface area contributed by atoms with Gasteiger partial charge in [-0.05, 0) is 0 Å². The minimum absolute atomic E-state index is 0.271. The average molecular weight is 128 g/mol. The molecule has 0 aromatic heterocycles. The highest BCUT2D eigenvalue weighted by atomic mass is 16.5. The van der Waals surface area contributed by atoms with E-state index < -0.39 is 5.85 Å². The number of hydrogen-bond acceptors (Lipinski definition) is 3. The fraction of sp³-hybridized carbons (Fsp3) is 0.667. The highest BCUT2D eigenvalue weighted by Gasteiger charge is 2.31. The van der Waals surface area contributed by atoms with E-state index in [2.05, 4.69) is 5.32 Å². The molecule has 0 aliphatic carbocycles. The fourth-order valence-electron chi connectivity index (χ4n) is 0.648. The van der Waals surface area contributed by atoms with Crippen LogP contribution in [0.4, 0.5) is 0 Å². The van der Waals surface area contributed by atoms with Crippen LogP contribution in [0.25, 0.3) is 0 Å². The van der Waals surface area contributed by atoms with Gasteiger partial charge in [-0.2, -0.15) is 0 Å². The molecule has 0 radical (unpaired) electrons. The van der Waals surface area contributed by atoms with Crippen LogP contribution in [0, 0.1) is 5.92 Å². The van der Waals surface area contributed by atoms with Crippen LogP contribution in [0.5, 0.6) is 0 Å². The molecule has 0 aromatic rings. The predicted molar refractivity (Wildman–Crippen MR) is 35.1 cm³/mol. The zero-order valence-electron chi connectivity index (χ0n) is 5.72. The first-order valence-corrected chi connectivity index (χ1v) is 3.04. The topological polar surface area (TPSA) is 47.3 Å². The standard InChI is InChI=1S/C6H12N2O/c1-5(2)6(7)8-3-4-9-6/h3-5,8H,7H2,1-2H3. The van der Waals surface area contributed by atoms with Crippen molar-refractivity contribution in [3.05, 3.63) is 12.5 Å². The third-order valence-corrected chi connectivity index (χ3v) is 1.50. The first kappa shape index (κ1) is 6.42. The highest BCUT2D eigenvalue weighted by Crippen LogP contribution is 2.15. The van der Waals surface area contributed by atoms with Gasteiger partial charge in [0.25, 0.3) is 0 Å². The molecule has 1 aliphatic heterocycles. The van der Waals surface area contributed by atoms with E-state index in [1.54, 1.807) is 12.5 Å². The molecule has 0 amide bonds. The maximum absolute atomic E-state index is 5.71. The molecule has 0 saturated carbocycles. The number of nitrogens with one attached hydrogen (secondary N) is 1. The van der Waals surface area contributed by atoms with Gasteiger partial charge in [-0.25, -0.2) is 0 Å². The molecular weight excluding hydrogens is 116 g/mol. The Morgan fingerprint density at radius 1 is 1.67 bits per heavy atom. The van der Waals surface area contributed by atoms with Crippen molar-refractivity contribution in [2.75, 3.05) is 0 Å². The number of hydrogen-bond donors (Lipinski definition) is 2. The molecule has 0 aromatic carbocycles. The summed E-state index contributed by atoms with van der Waals surface area (Å²) in [7, 11) is 0. The number of ether oxygens (including phenoxy) is 1. The van der Waals surface area contributed by atoms with Crippen LogP contribution in [0.2, 0.25) is 0 Å². The molecule has 0 bridgehead atoms. The second kappa shape index (κ2) is 1.92. The summed E-state index contributed by atoms with van der Waals surface area (Å²) >= 11 is 0. The Kier molecular flexibility index (Phi) is 1.37. The van der Waals surface area contributed by atoms with Gasteiger partial charge < -0.3 is 10.1 Å². The summed E-state index contributed by atoms with van der Waals surface area (Å²) in [6, 6.07) is 0. The van der Waals surface area contributed by atoms with Gasteiger partial charge in [0, 0.05) is 12.1 Å². The minimum atomic E-state index is -0.667. The molecule has 0 fully saturated rings. The van der Waals surface area contributed by atoms with E-state index in [0.29, 0.717) is 0 Å². The Bertz CT molecular complexity index is 123. The normalized spacial score (nSPS) is 32.4. The van der Waals surface area contributed by atoms with Crippen LogP contribution in [-0.2, 0) is 4.74 Å². The lowest BCUT2D eigenvalue weighted by atomic mass is 10.1. The molecule has 1 unspecified atom stereocenters. The molecule has 1 aliphatic rings. The first-order chi connectivity index (χ1) is 4.15. The summed E-state index contributed by atoms with van der Waals surface area (Å²) in [5.74, 6) is -0.396. The molecule has 3 N–H and O–H groups in total. The first-order valence-electron chi connectivity index (χ1n) is 3.04. The van der Waals surface area contributed by atoms with Crippen LogP contribution in [0.1, 0.15) is 13.8 Å². The fourth-order valence-corrected chi connectivity index (χ4v) is 0.648. The SMILES string of the molecule is CC(C)C1(N)NC=CO1. The molecule has 9 heavy (non-hydrogen) atoms. The van der Waals surface area contributed by atoms with Crippen LogP contribution in [-0.4, -0.2) is 5.85 Å². The van der Waals surface area contributed by atoms with Gasteiger partial charge >= 0.3 is 0 Å². The Morgan fingerprint density at radius 3 is 2.56 bits per heavy atom. The summed E-state index contributed by atoms with van der Waals surface area (Å²) in [6.45, 7) is 4.00. The van der Waals surface area contributed by atoms with Crippen molar-refractivity contribution in [1.29, 1.82) is 0 Å². The van der Waals surface area contributed by atoms with Crippen LogP contribution < -0.4 is 11.1 Å². The second-order valence-corrected chi connectivity index (χ2v) is 2.51. The Labute approximate surface area is 54.9 Å². The third kappa shape index (κ3) is 1.00. The quantitative estimate of drug-likeness (QED) is 0.535. The van der Waals surface area contributed by atoms with Crippen molar-refractivity contribution in [1.82, 2.24) is 5.32 Å². The molecule has 0 spiro atoms. The van der Waals surface area contributed by atoms with Crippen LogP contribution >= 0.6 is 0 Å². The molecule has 3 nitrogen and oxygen atoms in total. The molecule has 1 heterocycles. The van der Waals surface area contributed by atoms with Crippen molar-refractivity contribution in [3.63, 3.8) is 0 Å². The summed E-state index contributed by atoms with van der Waals surface area (Å²) < 4.78 is 5.09. The average Bonchev–Trinajstić information content (AvgIpc) is 2.16. The molecule has 1 rings (SSSR count). The third-order valence-electron chi connectivity index (χ3n) is 1.50. The summed E-state index contributed by atoms with van der Waals surface area (Å²) in [6.07, 6.45) is 3.28. The van der Waals surface area contributed by atoms with Crippen LogP contribution in [0.3, 0.4) is 0 Å². The summed E-state index contributed by atoms with van der Waals surface area (Å²) in [4.78, 5) is 0. The lowest BCUT2D eigenvalue weighted by Gasteiger charge is -2.27. The van der Waals surface area contributed by atoms with Gasteiger partial charge in [-0.3, -0.25) is 5.73 Å². The Morgan fingerprint density at radius 2 is 2.33 bits per heavy atom. The highest BCUT2D eigenvalue weighted by molar-refractivity contribution is 4.91. The zero-order chi connectivity index (χ0) is 6.91. The van der Waals surface area contributed by atoms with Crippen molar-refractivity contribution in [2.24, 2.45) is 11.7 Å². The van der Waals surface area contributed by atoms with E-state index in [9.17, 15) is 0 Å². The van der Waals surface area contributed by atoms with Crippen molar-refractivity contribution < 1.29 is 4.74 Å². The molecule has 52 valence electrons.